The van der Waals surface area contributed by atoms with E-state index >= 15 is 0 Å². The third-order valence-electron chi connectivity index (χ3n) is 2.08. The van der Waals surface area contributed by atoms with Gasteiger partial charge in [-0.1, -0.05) is 22.6 Å². The molecule has 0 amide bonds. The van der Waals surface area contributed by atoms with Gasteiger partial charge in [-0.15, -0.1) is 46.4 Å². The van der Waals surface area contributed by atoms with Crippen LogP contribution >= 0.6 is 69.0 Å². The Morgan fingerprint density at radius 3 is 1.36 bits per heavy atom. The molecule has 0 spiro atoms. The van der Waals surface area contributed by atoms with Gasteiger partial charge in [0.15, 0.2) is 0 Å². The Labute approximate surface area is 196 Å². The normalized spacial score (nSPS) is 8.73. The molecule has 0 heterocycles. The van der Waals surface area contributed by atoms with E-state index in [1.807, 2.05) is 4.93 Å². The average Bonchev–Trinajstić information content (AvgIpc) is 2.52. The first-order valence-corrected chi connectivity index (χ1v) is 11.0. The van der Waals surface area contributed by atoms with E-state index in [0.29, 0.717) is 36.4 Å². The molecule has 0 unspecified atom stereocenters. The molecule has 0 aromatic rings. The standard InChI is InChI=1S/C6H12Cl2O.C5H10Cl2O.CH3I.2Ag.O/c1-9-6(2-4-7)3-5-8;6-3-1-5(8)2-4-7;1-2;;;/h6H,2-5H2,1H3;5,8H,1-4H2;1H3;;;. The zero-order valence-electron chi connectivity index (χ0n) is 12.6. The van der Waals surface area contributed by atoms with Gasteiger partial charge >= 0.3 is 24.3 Å². The quantitative estimate of drug-likeness (QED) is 0.214. The van der Waals surface area contributed by atoms with Gasteiger partial charge < -0.3 is 9.84 Å². The van der Waals surface area contributed by atoms with E-state index in [0.717, 1.165) is 12.8 Å². The minimum atomic E-state index is -0.301. The predicted molar refractivity (Wildman–Crippen MR) is 98.8 cm³/mol. The van der Waals surface area contributed by atoms with Crippen molar-refractivity contribution in [3.05, 3.63) is 0 Å². The minimum absolute atomic E-state index is 0. The van der Waals surface area contributed by atoms with Gasteiger partial charge in [0.25, 0.3) is 0 Å². The number of aliphatic hydroxyl groups excluding tert-OH is 1. The van der Waals surface area contributed by atoms with Crippen LogP contribution in [0.4, 0.5) is 0 Å². The van der Waals surface area contributed by atoms with Gasteiger partial charge in [-0.25, -0.2) is 0 Å². The Kier molecular flexibility index (Phi) is 64.4. The fourth-order valence-electron chi connectivity index (χ4n) is 1.02. The summed E-state index contributed by atoms with van der Waals surface area (Å²) in [5.41, 5.74) is 0. The second-order valence-electron chi connectivity index (χ2n) is 3.42. The molecule has 0 bridgehead atoms. The van der Waals surface area contributed by atoms with Crippen LogP contribution in [-0.2, 0) is 51.4 Å². The van der Waals surface area contributed by atoms with Crippen molar-refractivity contribution >= 4 is 69.0 Å². The van der Waals surface area contributed by atoms with Crippen LogP contribution in [-0.4, -0.2) is 52.9 Å². The third kappa shape index (κ3) is 38.6. The molecule has 1 radical (unpaired) electrons. The Morgan fingerprint density at radius 1 is 0.909 bits per heavy atom. The fourth-order valence-corrected chi connectivity index (χ4v) is 2.01. The maximum atomic E-state index is 8.88. The number of aliphatic hydroxyl groups is 1. The SMILES string of the molecule is CI.COC(CCCl)CCCl.OC(CCCl)CCCl.[Ag].[O]=[Ag]. The van der Waals surface area contributed by atoms with Crippen LogP contribution in [0.3, 0.4) is 0 Å². The first-order valence-electron chi connectivity index (χ1n) is 6.11. The van der Waals surface area contributed by atoms with Gasteiger partial charge in [-0.05, 0) is 30.6 Å². The van der Waals surface area contributed by atoms with Gasteiger partial charge in [0.05, 0.1) is 12.2 Å². The van der Waals surface area contributed by atoms with Crippen LogP contribution < -0.4 is 0 Å². The third-order valence-corrected chi connectivity index (χ3v) is 2.95. The van der Waals surface area contributed by atoms with E-state index in [-0.39, 0.29) is 34.6 Å². The summed E-state index contributed by atoms with van der Waals surface area (Å²) in [7, 11) is 1.68. The fraction of sp³-hybridized carbons (Fsp3) is 1.00. The van der Waals surface area contributed by atoms with E-state index in [1.165, 1.54) is 0 Å². The van der Waals surface area contributed by atoms with Gasteiger partial charge in [0.2, 0.25) is 0 Å². The van der Waals surface area contributed by atoms with Crippen molar-refractivity contribution in [2.75, 3.05) is 35.6 Å². The maximum absolute atomic E-state index is 8.88. The summed E-state index contributed by atoms with van der Waals surface area (Å²) in [5.74, 6) is 2.32. The van der Waals surface area contributed by atoms with Crippen LogP contribution in [0.15, 0.2) is 0 Å². The Bertz CT molecular complexity index is 156. The van der Waals surface area contributed by atoms with E-state index in [2.05, 4.69) is 22.6 Å². The second-order valence-corrected chi connectivity index (χ2v) is 4.93. The zero-order chi connectivity index (χ0) is 17.5. The van der Waals surface area contributed by atoms with Gasteiger partial charge in [0.1, 0.15) is 0 Å². The summed E-state index contributed by atoms with van der Waals surface area (Å²) in [6.45, 7) is 0. The summed E-state index contributed by atoms with van der Waals surface area (Å²) in [5, 5.41) is 8.88. The molecule has 0 aromatic heterocycles. The van der Waals surface area contributed by atoms with Crippen molar-refractivity contribution in [2.24, 2.45) is 0 Å². The van der Waals surface area contributed by atoms with Crippen LogP contribution in [0.1, 0.15) is 25.7 Å². The topological polar surface area (TPSA) is 46.5 Å². The molecule has 10 heteroatoms. The summed E-state index contributed by atoms with van der Waals surface area (Å²) in [4.78, 5) is 1.97. The van der Waals surface area contributed by atoms with Gasteiger partial charge in [-0.3, -0.25) is 0 Å². The van der Waals surface area contributed by atoms with E-state index < -0.39 is 0 Å². The van der Waals surface area contributed by atoms with Gasteiger partial charge in [0, 0.05) is 53.0 Å². The number of ether oxygens (including phenoxy) is 1. The van der Waals surface area contributed by atoms with E-state index in [1.54, 1.807) is 28.2 Å². The molecule has 0 atom stereocenters. The molecule has 0 rings (SSSR count). The monoisotopic (exact) mass is 698 g/mol. The first kappa shape index (κ1) is 36.1. The van der Waals surface area contributed by atoms with Crippen molar-refractivity contribution in [3.63, 3.8) is 0 Å². The molecule has 0 aliphatic carbocycles. The van der Waals surface area contributed by atoms with Crippen LogP contribution in [0.5, 0.6) is 0 Å². The number of rotatable bonds is 9. The van der Waals surface area contributed by atoms with Gasteiger partial charge in [-0.2, -0.15) is 0 Å². The van der Waals surface area contributed by atoms with E-state index in [4.69, 9.17) is 59.5 Å². The molecule has 148 valence electrons. The summed E-state index contributed by atoms with van der Waals surface area (Å²) < 4.78 is 13.1. The van der Waals surface area contributed by atoms with Crippen LogP contribution in [0.25, 0.3) is 0 Å². The molecular formula is C12H25Ag2Cl4IO3. The van der Waals surface area contributed by atoms with Crippen LogP contribution in [0.2, 0.25) is 0 Å². The summed E-state index contributed by atoms with van der Waals surface area (Å²) in [6, 6.07) is 0. The average molecular weight is 702 g/mol. The van der Waals surface area contributed by atoms with E-state index in [9.17, 15) is 0 Å². The van der Waals surface area contributed by atoms with Crippen LogP contribution in [0, 0.1) is 0 Å². The molecular weight excluding hydrogens is 677 g/mol. The van der Waals surface area contributed by atoms with Crippen molar-refractivity contribution in [1.82, 2.24) is 0 Å². The number of halogens is 5. The number of methoxy groups -OCH3 is 1. The molecule has 22 heavy (non-hydrogen) atoms. The second kappa shape index (κ2) is 39.2. The predicted octanol–water partition coefficient (Wildman–Crippen LogP) is 4.79. The summed E-state index contributed by atoms with van der Waals surface area (Å²) >= 11 is 25.5. The Morgan fingerprint density at radius 2 is 1.18 bits per heavy atom. The molecule has 0 fully saturated rings. The molecule has 0 saturated heterocycles. The number of hydrogen-bond acceptors (Lipinski definition) is 3. The Balaban J connectivity index is -0.0000000689. The molecule has 0 aliphatic heterocycles. The zero-order valence-corrected chi connectivity index (χ0v) is 20.7. The molecule has 0 aliphatic rings. The Hall–Kier alpha value is 3.09. The molecule has 1 N–H and O–H groups in total. The molecule has 0 saturated carbocycles. The first-order chi connectivity index (χ1) is 10.2. The van der Waals surface area contributed by atoms with Crippen molar-refractivity contribution in [2.45, 2.75) is 37.9 Å². The summed E-state index contributed by atoms with van der Waals surface area (Å²) in [6.07, 6.45) is 3.03. The molecule has 0 aromatic carbocycles. The van der Waals surface area contributed by atoms with Crippen molar-refractivity contribution in [1.29, 1.82) is 0 Å². The molecule has 3 nitrogen and oxygen atoms in total. The van der Waals surface area contributed by atoms with Crippen molar-refractivity contribution in [3.8, 4) is 0 Å². The number of alkyl halides is 5. The number of hydrogen-bond donors (Lipinski definition) is 1. The van der Waals surface area contributed by atoms with Crippen molar-refractivity contribution < 1.29 is 56.5 Å².